The molecule has 0 radical (unpaired) electrons. The van der Waals surface area contributed by atoms with Crippen LogP contribution in [0.3, 0.4) is 0 Å². The van der Waals surface area contributed by atoms with Gasteiger partial charge in [0.15, 0.2) is 5.78 Å². The van der Waals surface area contributed by atoms with Crippen LogP contribution < -0.4 is 0 Å². The molecule has 0 aliphatic rings. The Balaban J connectivity index is 1.78. The van der Waals surface area contributed by atoms with Gasteiger partial charge < -0.3 is 0 Å². The molecule has 9 heteroatoms. The first kappa shape index (κ1) is 21.6. The molecule has 0 atom stereocenters. The first-order valence-electron chi connectivity index (χ1n) is 8.79. The molecular formula is C21H18N2O5S2. The monoisotopic (exact) mass is 442 g/mol. The third kappa shape index (κ3) is 4.54. The van der Waals surface area contributed by atoms with E-state index in [-0.39, 0.29) is 16.4 Å². The normalized spacial score (nSPS) is 11.8. The predicted molar refractivity (Wildman–Crippen MR) is 117 cm³/mol. The van der Waals surface area contributed by atoms with Crippen LogP contribution in [0.5, 0.6) is 0 Å². The molecule has 0 spiro atoms. The van der Waals surface area contributed by atoms with Gasteiger partial charge in [-0.1, -0.05) is 12.1 Å². The number of sulfonamides is 1. The number of para-hydroxylation sites is 1. The lowest BCUT2D eigenvalue weighted by atomic mass is 10.1. The average molecular weight is 443 g/mol. The van der Waals surface area contributed by atoms with E-state index in [1.54, 1.807) is 36.4 Å². The number of carbonyl (C=O) groups is 1. The van der Waals surface area contributed by atoms with Crippen LogP contribution >= 0.6 is 11.3 Å². The Bertz CT molecular complexity index is 1230. The van der Waals surface area contributed by atoms with Crippen molar-refractivity contribution < 1.29 is 18.1 Å². The van der Waals surface area contributed by atoms with E-state index in [0.717, 1.165) is 14.1 Å². The standard InChI is InChI=1S/C21H18N2O5S2/c1-22(2)30(27,28)17-11-7-15(8-12-17)20(24)13-9-16-10-14-21(29-16)18-5-3-4-6-19(18)23(25)26/h3-14H,1-2H3/b13-9+. The topological polar surface area (TPSA) is 97.6 Å². The minimum Gasteiger partial charge on any atom is -0.289 e. The Morgan fingerprint density at radius 2 is 1.70 bits per heavy atom. The summed E-state index contributed by atoms with van der Waals surface area (Å²) in [6.07, 6.45) is 3.03. The number of carbonyl (C=O) groups excluding carboxylic acids is 1. The molecule has 1 aromatic heterocycles. The SMILES string of the molecule is CN(C)S(=O)(=O)c1ccc(C(=O)/C=C/c2ccc(-c3ccccc3[N+](=O)[O-])s2)cc1. The van der Waals surface area contributed by atoms with Crippen molar-refractivity contribution in [1.82, 2.24) is 4.31 Å². The molecular weight excluding hydrogens is 424 g/mol. The van der Waals surface area contributed by atoms with Gasteiger partial charge in [0.2, 0.25) is 10.0 Å². The highest BCUT2D eigenvalue weighted by Gasteiger charge is 2.17. The van der Waals surface area contributed by atoms with E-state index in [1.807, 2.05) is 0 Å². The second kappa shape index (κ2) is 8.70. The Labute approximate surface area is 178 Å². The van der Waals surface area contributed by atoms with Crippen molar-refractivity contribution in [1.29, 1.82) is 0 Å². The fourth-order valence-corrected chi connectivity index (χ4v) is 4.53. The zero-order valence-corrected chi connectivity index (χ0v) is 17.8. The number of allylic oxidation sites excluding steroid dienone is 1. The molecule has 154 valence electrons. The van der Waals surface area contributed by atoms with Gasteiger partial charge in [-0.3, -0.25) is 14.9 Å². The van der Waals surface area contributed by atoms with Crippen LogP contribution in [0.4, 0.5) is 5.69 Å². The van der Waals surface area contributed by atoms with Gasteiger partial charge in [0.05, 0.1) is 15.4 Å². The zero-order valence-electron chi connectivity index (χ0n) is 16.2. The first-order valence-corrected chi connectivity index (χ1v) is 11.0. The van der Waals surface area contributed by atoms with E-state index < -0.39 is 14.9 Å². The highest BCUT2D eigenvalue weighted by Crippen LogP contribution is 2.35. The number of rotatable bonds is 7. The van der Waals surface area contributed by atoms with Crippen molar-refractivity contribution >= 4 is 38.9 Å². The fraction of sp³-hybridized carbons (Fsp3) is 0.0952. The third-order valence-electron chi connectivity index (χ3n) is 4.31. The number of nitro groups is 1. The predicted octanol–water partition coefficient (Wildman–Crippen LogP) is 4.47. The van der Waals surface area contributed by atoms with Gasteiger partial charge >= 0.3 is 0 Å². The number of nitrogens with zero attached hydrogens (tertiary/aromatic N) is 2. The second-order valence-electron chi connectivity index (χ2n) is 6.49. The lowest BCUT2D eigenvalue weighted by Gasteiger charge is -2.11. The van der Waals surface area contributed by atoms with Crippen LogP contribution in [0, 0.1) is 10.1 Å². The van der Waals surface area contributed by atoms with Crippen LogP contribution in [-0.4, -0.2) is 37.5 Å². The van der Waals surface area contributed by atoms with Gasteiger partial charge in [0, 0.05) is 35.5 Å². The maximum Gasteiger partial charge on any atom is 0.278 e. The molecule has 0 fully saturated rings. The summed E-state index contributed by atoms with van der Waals surface area (Å²) in [6.45, 7) is 0. The number of thiophene rings is 1. The van der Waals surface area contributed by atoms with Crippen LogP contribution in [0.15, 0.2) is 71.6 Å². The summed E-state index contributed by atoms with van der Waals surface area (Å²) in [5, 5.41) is 11.2. The average Bonchev–Trinajstić information content (AvgIpc) is 3.21. The van der Waals surface area contributed by atoms with Crippen molar-refractivity contribution in [3.8, 4) is 10.4 Å². The minimum absolute atomic E-state index is 0.0266. The van der Waals surface area contributed by atoms with Crippen LogP contribution in [0.25, 0.3) is 16.5 Å². The number of benzene rings is 2. The van der Waals surface area contributed by atoms with Crippen molar-refractivity contribution in [3.63, 3.8) is 0 Å². The van der Waals surface area contributed by atoms with Crippen LogP contribution in [-0.2, 0) is 10.0 Å². The summed E-state index contributed by atoms with van der Waals surface area (Å²) in [7, 11) is -0.668. The molecule has 30 heavy (non-hydrogen) atoms. The first-order chi connectivity index (χ1) is 14.2. The Morgan fingerprint density at radius 3 is 2.33 bits per heavy atom. The van der Waals surface area contributed by atoms with E-state index in [0.29, 0.717) is 11.1 Å². The molecule has 0 amide bonds. The van der Waals surface area contributed by atoms with Gasteiger partial charge in [-0.2, -0.15) is 0 Å². The molecule has 3 aromatic rings. The maximum atomic E-state index is 12.4. The fourth-order valence-electron chi connectivity index (χ4n) is 2.68. The molecule has 1 heterocycles. The highest BCUT2D eigenvalue weighted by atomic mass is 32.2. The van der Waals surface area contributed by atoms with Crippen LogP contribution in [0.1, 0.15) is 15.2 Å². The summed E-state index contributed by atoms with van der Waals surface area (Å²) < 4.78 is 25.3. The molecule has 0 saturated heterocycles. The summed E-state index contributed by atoms with van der Waals surface area (Å²) in [5.41, 5.74) is 0.911. The molecule has 0 aliphatic carbocycles. The molecule has 0 N–H and O–H groups in total. The molecule has 0 bridgehead atoms. The highest BCUT2D eigenvalue weighted by molar-refractivity contribution is 7.89. The lowest BCUT2D eigenvalue weighted by molar-refractivity contribution is -0.384. The second-order valence-corrected chi connectivity index (χ2v) is 9.75. The number of nitro benzene ring substituents is 1. The number of hydrogen-bond acceptors (Lipinski definition) is 6. The summed E-state index contributed by atoms with van der Waals surface area (Å²) >= 11 is 1.34. The van der Waals surface area contributed by atoms with Gasteiger partial charge in [-0.15, -0.1) is 11.3 Å². The van der Waals surface area contributed by atoms with E-state index >= 15 is 0 Å². The van der Waals surface area contributed by atoms with Crippen molar-refractivity contribution in [2.24, 2.45) is 0 Å². The van der Waals surface area contributed by atoms with Gasteiger partial charge in [0.1, 0.15) is 0 Å². The quantitative estimate of drug-likeness (QED) is 0.233. The summed E-state index contributed by atoms with van der Waals surface area (Å²) in [6, 6.07) is 15.8. The lowest BCUT2D eigenvalue weighted by Crippen LogP contribution is -2.22. The van der Waals surface area contributed by atoms with Crippen molar-refractivity contribution in [3.05, 3.63) is 87.3 Å². The van der Waals surface area contributed by atoms with Crippen molar-refractivity contribution in [2.45, 2.75) is 4.90 Å². The third-order valence-corrected chi connectivity index (χ3v) is 7.22. The molecule has 3 rings (SSSR count). The van der Waals surface area contributed by atoms with E-state index in [2.05, 4.69) is 0 Å². The minimum atomic E-state index is -3.55. The van der Waals surface area contributed by atoms with Gasteiger partial charge in [-0.25, -0.2) is 12.7 Å². The van der Waals surface area contributed by atoms with Crippen molar-refractivity contribution in [2.75, 3.05) is 14.1 Å². The summed E-state index contributed by atoms with van der Waals surface area (Å²) in [5.74, 6) is -0.274. The molecule has 0 aliphatic heterocycles. The Morgan fingerprint density at radius 1 is 1.03 bits per heavy atom. The zero-order chi connectivity index (χ0) is 21.9. The Kier molecular flexibility index (Phi) is 6.25. The maximum absolute atomic E-state index is 12.4. The van der Waals surface area contributed by atoms with E-state index in [4.69, 9.17) is 0 Å². The van der Waals surface area contributed by atoms with Gasteiger partial charge in [-0.05, 0) is 54.6 Å². The number of hydrogen-bond donors (Lipinski definition) is 0. The molecule has 0 saturated carbocycles. The van der Waals surface area contributed by atoms with E-state index in [1.165, 1.54) is 61.8 Å². The Hall–Kier alpha value is -3.14. The largest absolute Gasteiger partial charge is 0.289 e. The van der Waals surface area contributed by atoms with Gasteiger partial charge in [0.25, 0.3) is 5.69 Å². The molecule has 2 aromatic carbocycles. The molecule has 0 unspecified atom stereocenters. The summed E-state index contributed by atoms with van der Waals surface area (Å²) in [4.78, 5) is 24.8. The number of ketones is 1. The van der Waals surface area contributed by atoms with Crippen LogP contribution in [0.2, 0.25) is 0 Å². The molecule has 7 nitrogen and oxygen atoms in total. The van der Waals surface area contributed by atoms with E-state index in [9.17, 15) is 23.3 Å². The smallest absolute Gasteiger partial charge is 0.278 e.